The first-order valence-electron chi connectivity index (χ1n) is 6.19. The summed E-state index contributed by atoms with van der Waals surface area (Å²) in [5.41, 5.74) is 0.777. The molecule has 0 amide bonds. The Bertz CT molecular complexity index is 344. The van der Waals surface area contributed by atoms with Crippen LogP contribution >= 0.6 is 0 Å². The topological polar surface area (TPSA) is 34.2 Å². The molecule has 0 radical (unpaired) electrons. The zero-order chi connectivity index (χ0) is 12.7. The third kappa shape index (κ3) is 4.69. The minimum Gasteiger partial charge on any atom is -0.474 e. The van der Waals surface area contributed by atoms with E-state index in [1.54, 1.807) is 0 Å². The number of nitrogens with zero attached hydrogens (tertiary/aromatic N) is 1. The molecule has 0 aliphatic heterocycles. The van der Waals surface area contributed by atoms with Gasteiger partial charge in [0, 0.05) is 12.1 Å². The van der Waals surface area contributed by atoms with Crippen molar-refractivity contribution in [2.45, 2.75) is 46.3 Å². The predicted octanol–water partition coefficient (Wildman–Crippen LogP) is 2.90. The van der Waals surface area contributed by atoms with Gasteiger partial charge in [0.1, 0.15) is 5.82 Å². The fourth-order valence-corrected chi connectivity index (χ4v) is 1.38. The van der Waals surface area contributed by atoms with Crippen LogP contribution in [0.5, 0.6) is 5.88 Å². The first-order chi connectivity index (χ1) is 8.17. The van der Waals surface area contributed by atoms with Gasteiger partial charge in [-0.2, -0.15) is 0 Å². The molecule has 0 bridgehead atoms. The fraction of sp³-hybridized carbons (Fsp3) is 0.615. The van der Waals surface area contributed by atoms with Gasteiger partial charge in [-0.3, -0.25) is 0 Å². The van der Waals surface area contributed by atoms with Gasteiger partial charge >= 0.3 is 0 Å². The summed E-state index contributed by atoms with van der Waals surface area (Å²) in [4.78, 5) is 4.01. The van der Waals surface area contributed by atoms with Crippen LogP contribution in [-0.2, 0) is 6.54 Å². The maximum atomic E-state index is 13.1. The van der Waals surface area contributed by atoms with Gasteiger partial charge in [-0.25, -0.2) is 9.37 Å². The quantitative estimate of drug-likeness (QED) is 0.744. The number of hydrogen-bond donors (Lipinski definition) is 1. The number of aromatic nitrogens is 1. The van der Waals surface area contributed by atoms with Gasteiger partial charge in [-0.05, 0) is 32.4 Å². The molecule has 3 nitrogen and oxygen atoms in total. The lowest BCUT2D eigenvalue weighted by Gasteiger charge is -2.15. The zero-order valence-corrected chi connectivity index (χ0v) is 10.8. The summed E-state index contributed by atoms with van der Waals surface area (Å²) in [6.07, 6.45) is 3.24. The Balaban J connectivity index is 2.72. The molecular formula is C13H21FN2O. The van der Waals surface area contributed by atoms with Gasteiger partial charge in [-0.15, -0.1) is 0 Å². The molecule has 1 heterocycles. The maximum Gasteiger partial charge on any atom is 0.218 e. The van der Waals surface area contributed by atoms with Gasteiger partial charge in [0.25, 0.3) is 0 Å². The van der Waals surface area contributed by atoms with Crippen molar-refractivity contribution in [3.05, 3.63) is 23.6 Å². The van der Waals surface area contributed by atoms with Gasteiger partial charge in [0.15, 0.2) is 0 Å². The van der Waals surface area contributed by atoms with Crippen LogP contribution < -0.4 is 10.1 Å². The van der Waals surface area contributed by atoms with Crippen LogP contribution in [0.4, 0.5) is 4.39 Å². The number of hydrogen-bond acceptors (Lipinski definition) is 3. The van der Waals surface area contributed by atoms with Gasteiger partial charge in [0.2, 0.25) is 5.88 Å². The van der Waals surface area contributed by atoms with Crippen LogP contribution in [0, 0.1) is 5.82 Å². The first-order valence-corrected chi connectivity index (χ1v) is 6.19. The summed E-state index contributed by atoms with van der Waals surface area (Å²) in [5, 5.41) is 3.22. The summed E-state index contributed by atoms with van der Waals surface area (Å²) in [6.45, 7) is 7.61. The van der Waals surface area contributed by atoms with Gasteiger partial charge < -0.3 is 10.1 Å². The van der Waals surface area contributed by atoms with Crippen molar-refractivity contribution in [3.8, 4) is 5.88 Å². The molecule has 0 aliphatic carbocycles. The smallest absolute Gasteiger partial charge is 0.218 e. The van der Waals surface area contributed by atoms with E-state index in [1.165, 1.54) is 12.3 Å². The molecule has 4 heteroatoms. The van der Waals surface area contributed by atoms with E-state index in [0.29, 0.717) is 12.4 Å². The summed E-state index contributed by atoms with van der Waals surface area (Å²) < 4.78 is 18.8. The molecule has 1 aromatic rings. The maximum absolute atomic E-state index is 13.1. The van der Waals surface area contributed by atoms with Crippen molar-refractivity contribution in [2.24, 2.45) is 0 Å². The average Bonchev–Trinajstić information content (AvgIpc) is 2.32. The highest BCUT2D eigenvalue weighted by Crippen LogP contribution is 2.18. The van der Waals surface area contributed by atoms with Crippen molar-refractivity contribution >= 4 is 0 Å². The van der Waals surface area contributed by atoms with Crippen molar-refractivity contribution in [3.63, 3.8) is 0 Å². The second-order valence-corrected chi connectivity index (χ2v) is 4.13. The van der Waals surface area contributed by atoms with Crippen LogP contribution in [-0.4, -0.2) is 17.6 Å². The lowest BCUT2D eigenvalue weighted by atomic mass is 10.2. The lowest BCUT2D eigenvalue weighted by Crippen LogP contribution is -2.17. The summed E-state index contributed by atoms with van der Waals surface area (Å²) in [5.74, 6) is 0.208. The third-order valence-electron chi connectivity index (χ3n) is 2.52. The van der Waals surface area contributed by atoms with Crippen molar-refractivity contribution in [2.75, 3.05) is 6.54 Å². The molecule has 1 atom stereocenters. The van der Waals surface area contributed by atoms with Crippen LogP contribution in [0.25, 0.3) is 0 Å². The van der Waals surface area contributed by atoms with E-state index >= 15 is 0 Å². The molecule has 0 aliphatic rings. The zero-order valence-electron chi connectivity index (χ0n) is 10.8. The Labute approximate surface area is 102 Å². The van der Waals surface area contributed by atoms with Crippen LogP contribution in [0.1, 0.15) is 39.2 Å². The van der Waals surface area contributed by atoms with Crippen LogP contribution in [0.15, 0.2) is 12.3 Å². The van der Waals surface area contributed by atoms with E-state index in [9.17, 15) is 4.39 Å². The Morgan fingerprint density at radius 1 is 1.47 bits per heavy atom. The highest BCUT2D eigenvalue weighted by Gasteiger charge is 2.09. The molecule has 1 aromatic heterocycles. The molecule has 0 fully saturated rings. The van der Waals surface area contributed by atoms with Crippen LogP contribution in [0.3, 0.4) is 0 Å². The number of rotatable bonds is 7. The molecule has 0 saturated heterocycles. The molecule has 1 rings (SSSR count). The van der Waals surface area contributed by atoms with Crippen LogP contribution in [0.2, 0.25) is 0 Å². The Morgan fingerprint density at radius 2 is 2.24 bits per heavy atom. The Kier molecular flexibility index (Phi) is 5.91. The number of nitrogens with one attached hydrogen (secondary N) is 1. The summed E-state index contributed by atoms with van der Waals surface area (Å²) in [7, 11) is 0. The molecule has 0 aromatic carbocycles. The summed E-state index contributed by atoms with van der Waals surface area (Å²) in [6, 6.07) is 1.48. The molecule has 0 spiro atoms. The van der Waals surface area contributed by atoms with E-state index in [2.05, 4.69) is 17.2 Å². The molecular weight excluding hydrogens is 219 g/mol. The fourth-order valence-electron chi connectivity index (χ4n) is 1.38. The Morgan fingerprint density at radius 3 is 2.88 bits per heavy atom. The second kappa shape index (κ2) is 7.22. The Hall–Kier alpha value is -1.16. The number of ether oxygens (including phenoxy) is 1. The highest BCUT2D eigenvalue weighted by atomic mass is 19.1. The monoisotopic (exact) mass is 240 g/mol. The minimum absolute atomic E-state index is 0.0953. The first kappa shape index (κ1) is 13.9. The molecule has 1 N–H and O–H groups in total. The lowest BCUT2D eigenvalue weighted by molar-refractivity contribution is 0.205. The van der Waals surface area contributed by atoms with E-state index < -0.39 is 0 Å². The van der Waals surface area contributed by atoms with Gasteiger partial charge in [0.05, 0.1) is 12.3 Å². The minimum atomic E-state index is -0.324. The number of halogens is 1. The predicted molar refractivity (Wildman–Crippen MR) is 66.6 cm³/mol. The highest BCUT2D eigenvalue weighted by molar-refractivity contribution is 5.26. The second-order valence-electron chi connectivity index (χ2n) is 4.13. The van der Waals surface area contributed by atoms with E-state index in [4.69, 9.17) is 4.74 Å². The summed E-state index contributed by atoms with van der Waals surface area (Å²) >= 11 is 0. The number of pyridine rings is 1. The van der Waals surface area contributed by atoms with Gasteiger partial charge in [-0.1, -0.05) is 13.8 Å². The molecule has 0 saturated carbocycles. The standard InChI is InChI=1S/C13H21FN2O/c1-4-6-15-8-11-7-12(14)9-16-13(11)17-10(3)5-2/h7,9-10,15H,4-6,8H2,1-3H3. The van der Waals surface area contributed by atoms with Crippen molar-refractivity contribution in [1.82, 2.24) is 10.3 Å². The third-order valence-corrected chi connectivity index (χ3v) is 2.52. The average molecular weight is 240 g/mol. The van der Waals surface area contributed by atoms with Crippen molar-refractivity contribution in [1.29, 1.82) is 0 Å². The van der Waals surface area contributed by atoms with Crippen molar-refractivity contribution < 1.29 is 9.13 Å². The largest absolute Gasteiger partial charge is 0.474 e. The molecule has 96 valence electrons. The van der Waals surface area contributed by atoms with E-state index in [-0.39, 0.29) is 11.9 Å². The van der Waals surface area contributed by atoms with E-state index in [0.717, 1.165) is 24.9 Å². The SMILES string of the molecule is CCCNCc1cc(F)cnc1OC(C)CC. The molecule has 1 unspecified atom stereocenters. The van der Waals surface area contributed by atoms with E-state index in [1.807, 2.05) is 13.8 Å². The molecule has 17 heavy (non-hydrogen) atoms. The normalized spacial score (nSPS) is 12.5.